The molecule has 1 aromatic heterocycles. The number of nitrogens with zero attached hydrogens (tertiary/aromatic N) is 3. The maximum atomic E-state index is 13.6. The standard InChI is InChI=1S/C23H28N4O4S/c1-26-22(25-21-6-4-3-5-20(21)23(26)28)13-16-27(17-11-14-24-15-12-17)32(29,30)19-9-7-18(31-2)8-10-19/h3-10,17,24H,11-16H2,1-2H3. The first kappa shape index (κ1) is 22.4. The van der Waals surface area contributed by atoms with Crippen LogP contribution in [0.1, 0.15) is 18.7 Å². The van der Waals surface area contributed by atoms with Crippen LogP contribution in [0.3, 0.4) is 0 Å². The summed E-state index contributed by atoms with van der Waals surface area (Å²) in [5, 5.41) is 3.85. The van der Waals surface area contributed by atoms with Crippen LogP contribution >= 0.6 is 0 Å². The van der Waals surface area contributed by atoms with E-state index in [1.165, 1.54) is 4.57 Å². The Morgan fingerprint density at radius 1 is 1.12 bits per heavy atom. The molecule has 0 unspecified atom stereocenters. The third-order valence-corrected chi connectivity index (χ3v) is 7.98. The lowest BCUT2D eigenvalue weighted by Crippen LogP contribution is -2.47. The van der Waals surface area contributed by atoms with E-state index in [0.717, 1.165) is 25.9 Å². The molecule has 1 fully saturated rings. The molecule has 4 rings (SSSR count). The molecule has 8 nitrogen and oxygen atoms in total. The van der Waals surface area contributed by atoms with Gasteiger partial charge >= 0.3 is 0 Å². The van der Waals surface area contributed by atoms with Crippen molar-refractivity contribution in [3.63, 3.8) is 0 Å². The van der Waals surface area contributed by atoms with Crippen molar-refractivity contribution in [1.29, 1.82) is 0 Å². The van der Waals surface area contributed by atoms with Crippen LogP contribution in [-0.2, 0) is 23.5 Å². The van der Waals surface area contributed by atoms with Crippen LogP contribution in [0, 0.1) is 0 Å². The molecule has 0 radical (unpaired) electrons. The Bertz CT molecular complexity index is 1250. The van der Waals surface area contributed by atoms with Crippen molar-refractivity contribution >= 4 is 20.9 Å². The lowest BCUT2D eigenvalue weighted by Gasteiger charge is -2.33. The van der Waals surface area contributed by atoms with Gasteiger partial charge in [0.15, 0.2) is 0 Å². The minimum absolute atomic E-state index is 0.110. The van der Waals surface area contributed by atoms with E-state index in [2.05, 4.69) is 10.3 Å². The first-order valence-corrected chi connectivity index (χ1v) is 12.2. The Labute approximate surface area is 187 Å². The number of para-hydroxylation sites is 1. The predicted octanol–water partition coefficient (Wildman–Crippen LogP) is 1.93. The quantitative estimate of drug-likeness (QED) is 0.584. The molecule has 1 aliphatic rings. The predicted molar refractivity (Wildman–Crippen MR) is 123 cm³/mol. The Morgan fingerprint density at radius 3 is 2.50 bits per heavy atom. The summed E-state index contributed by atoms with van der Waals surface area (Å²) in [6.45, 7) is 1.79. The summed E-state index contributed by atoms with van der Waals surface area (Å²) in [5.41, 5.74) is 0.494. The van der Waals surface area contributed by atoms with E-state index in [9.17, 15) is 13.2 Å². The fourth-order valence-electron chi connectivity index (χ4n) is 4.17. The van der Waals surface area contributed by atoms with Crippen LogP contribution in [0.4, 0.5) is 0 Å². The summed E-state index contributed by atoms with van der Waals surface area (Å²) in [4.78, 5) is 17.6. The molecule has 1 N–H and O–H groups in total. The van der Waals surface area contributed by atoms with Gasteiger partial charge in [-0.15, -0.1) is 0 Å². The molecule has 0 bridgehead atoms. The summed E-state index contributed by atoms with van der Waals surface area (Å²) in [7, 11) is -0.495. The monoisotopic (exact) mass is 456 g/mol. The molecule has 170 valence electrons. The number of hydrogen-bond acceptors (Lipinski definition) is 6. The first-order valence-electron chi connectivity index (χ1n) is 10.7. The lowest BCUT2D eigenvalue weighted by molar-refractivity contribution is 0.262. The number of piperidine rings is 1. The van der Waals surface area contributed by atoms with Crippen LogP contribution in [-0.4, -0.2) is 55.1 Å². The Morgan fingerprint density at radius 2 is 1.81 bits per heavy atom. The van der Waals surface area contributed by atoms with E-state index in [-0.39, 0.29) is 23.0 Å². The first-order chi connectivity index (χ1) is 15.4. The van der Waals surface area contributed by atoms with Gasteiger partial charge in [0, 0.05) is 26.1 Å². The average molecular weight is 457 g/mol. The minimum Gasteiger partial charge on any atom is -0.497 e. The SMILES string of the molecule is COc1ccc(S(=O)(=O)N(CCc2nc3ccccc3c(=O)n2C)C2CCNCC2)cc1. The second-order valence-corrected chi connectivity index (χ2v) is 9.82. The minimum atomic E-state index is -3.73. The van der Waals surface area contributed by atoms with E-state index in [1.807, 2.05) is 12.1 Å². The second-order valence-electron chi connectivity index (χ2n) is 7.93. The number of rotatable bonds is 7. The molecule has 0 atom stereocenters. The van der Waals surface area contributed by atoms with Crippen molar-refractivity contribution < 1.29 is 13.2 Å². The average Bonchev–Trinajstić information content (AvgIpc) is 2.83. The van der Waals surface area contributed by atoms with Gasteiger partial charge < -0.3 is 10.1 Å². The molecule has 2 aromatic carbocycles. The van der Waals surface area contributed by atoms with Crippen molar-refractivity contribution in [2.24, 2.45) is 7.05 Å². The molecule has 2 heterocycles. The smallest absolute Gasteiger partial charge is 0.261 e. The van der Waals surface area contributed by atoms with E-state index in [1.54, 1.807) is 54.9 Å². The maximum Gasteiger partial charge on any atom is 0.261 e. The Kier molecular flexibility index (Phi) is 6.59. The molecule has 1 saturated heterocycles. The van der Waals surface area contributed by atoms with Crippen LogP contribution in [0.25, 0.3) is 10.9 Å². The fraction of sp³-hybridized carbons (Fsp3) is 0.391. The Hall–Kier alpha value is -2.75. The fourth-order valence-corrected chi connectivity index (χ4v) is 5.86. The van der Waals surface area contributed by atoms with Crippen molar-refractivity contribution in [3.05, 3.63) is 64.7 Å². The van der Waals surface area contributed by atoms with Crippen LogP contribution in [0.15, 0.2) is 58.2 Å². The van der Waals surface area contributed by atoms with Crippen molar-refractivity contribution in [3.8, 4) is 5.75 Å². The maximum absolute atomic E-state index is 13.6. The molecule has 0 spiro atoms. The normalized spacial score (nSPS) is 15.3. The molecule has 0 amide bonds. The van der Waals surface area contributed by atoms with Crippen molar-refractivity contribution in [2.45, 2.75) is 30.2 Å². The number of hydrogen-bond donors (Lipinski definition) is 1. The molecule has 0 aliphatic carbocycles. The van der Waals surface area contributed by atoms with Crippen LogP contribution in [0.2, 0.25) is 0 Å². The van der Waals surface area contributed by atoms with Gasteiger partial charge in [-0.1, -0.05) is 12.1 Å². The largest absolute Gasteiger partial charge is 0.497 e. The molecule has 9 heteroatoms. The number of ether oxygens (including phenoxy) is 1. The summed E-state index contributed by atoms with van der Waals surface area (Å²) in [5.74, 6) is 1.17. The molecule has 3 aromatic rings. The van der Waals surface area contributed by atoms with Gasteiger partial charge in [0.2, 0.25) is 10.0 Å². The number of methoxy groups -OCH3 is 1. The molecule has 1 aliphatic heterocycles. The van der Waals surface area contributed by atoms with Crippen LogP contribution < -0.4 is 15.6 Å². The van der Waals surface area contributed by atoms with Crippen molar-refractivity contribution in [1.82, 2.24) is 19.2 Å². The number of sulfonamides is 1. The highest BCUT2D eigenvalue weighted by Gasteiger charge is 2.32. The summed E-state index contributed by atoms with van der Waals surface area (Å²) >= 11 is 0. The van der Waals surface area contributed by atoms with Gasteiger partial charge in [-0.2, -0.15) is 4.31 Å². The van der Waals surface area contributed by atoms with Gasteiger partial charge in [0.25, 0.3) is 5.56 Å². The summed E-state index contributed by atoms with van der Waals surface area (Å²) in [6, 6.07) is 13.6. The van der Waals surface area contributed by atoms with E-state index in [0.29, 0.717) is 28.9 Å². The number of benzene rings is 2. The summed E-state index contributed by atoms with van der Waals surface area (Å²) < 4.78 is 35.4. The molecular formula is C23H28N4O4S. The van der Waals surface area contributed by atoms with Crippen molar-refractivity contribution in [2.75, 3.05) is 26.7 Å². The zero-order chi connectivity index (χ0) is 22.7. The number of fused-ring (bicyclic) bond motifs is 1. The van der Waals surface area contributed by atoms with Gasteiger partial charge in [-0.25, -0.2) is 13.4 Å². The molecular weight excluding hydrogens is 428 g/mol. The zero-order valence-corrected chi connectivity index (χ0v) is 19.1. The van der Waals surface area contributed by atoms with E-state index in [4.69, 9.17) is 4.74 Å². The molecule has 0 saturated carbocycles. The van der Waals surface area contributed by atoms with Gasteiger partial charge in [-0.05, 0) is 62.3 Å². The highest BCUT2D eigenvalue weighted by molar-refractivity contribution is 7.89. The Balaban J connectivity index is 1.66. The molecule has 32 heavy (non-hydrogen) atoms. The lowest BCUT2D eigenvalue weighted by atomic mass is 10.1. The van der Waals surface area contributed by atoms with Gasteiger partial charge in [0.05, 0.1) is 22.9 Å². The third-order valence-electron chi connectivity index (χ3n) is 6.01. The second kappa shape index (κ2) is 9.40. The topological polar surface area (TPSA) is 93.5 Å². The van der Waals surface area contributed by atoms with Gasteiger partial charge in [-0.3, -0.25) is 9.36 Å². The third kappa shape index (κ3) is 4.41. The van der Waals surface area contributed by atoms with E-state index < -0.39 is 10.0 Å². The zero-order valence-electron chi connectivity index (χ0n) is 18.3. The number of aromatic nitrogens is 2. The summed E-state index contributed by atoms with van der Waals surface area (Å²) in [6.07, 6.45) is 1.81. The van der Waals surface area contributed by atoms with Crippen LogP contribution in [0.5, 0.6) is 5.75 Å². The van der Waals surface area contributed by atoms with E-state index >= 15 is 0 Å². The highest BCUT2D eigenvalue weighted by atomic mass is 32.2. The number of nitrogens with one attached hydrogen (secondary N) is 1. The van der Waals surface area contributed by atoms with Gasteiger partial charge in [0.1, 0.15) is 11.6 Å². The highest BCUT2D eigenvalue weighted by Crippen LogP contribution is 2.25.